The zero-order valence-corrected chi connectivity index (χ0v) is 11.7. The van der Waals surface area contributed by atoms with E-state index >= 15 is 0 Å². The summed E-state index contributed by atoms with van der Waals surface area (Å²) in [5.41, 5.74) is 1.28. The zero-order valence-electron chi connectivity index (χ0n) is 11.7. The second-order valence-corrected chi connectivity index (χ2v) is 4.81. The molecule has 0 spiro atoms. The Morgan fingerprint density at radius 2 is 1.76 bits per heavy atom. The number of carbonyl (C=O) groups excluding carboxylic acids is 3. The SMILES string of the molecule is CC(=O)Nc1ccc(NC(=O)CC2NCCNC2=O)cc1. The molecule has 2 rings (SSSR count). The number of carbonyl (C=O) groups is 3. The summed E-state index contributed by atoms with van der Waals surface area (Å²) in [5, 5.41) is 11.1. The summed E-state index contributed by atoms with van der Waals surface area (Å²) >= 11 is 0. The van der Waals surface area contributed by atoms with E-state index in [-0.39, 0.29) is 24.1 Å². The van der Waals surface area contributed by atoms with E-state index in [0.29, 0.717) is 24.5 Å². The van der Waals surface area contributed by atoms with Crippen LogP contribution in [0.25, 0.3) is 0 Å². The quantitative estimate of drug-likeness (QED) is 0.630. The van der Waals surface area contributed by atoms with Gasteiger partial charge < -0.3 is 21.3 Å². The molecule has 1 saturated heterocycles. The van der Waals surface area contributed by atoms with Gasteiger partial charge in [-0.25, -0.2) is 0 Å². The van der Waals surface area contributed by atoms with Gasteiger partial charge in [0.25, 0.3) is 0 Å². The van der Waals surface area contributed by atoms with Crippen LogP contribution in [-0.2, 0) is 14.4 Å². The minimum atomic E-state index is -0.489. The van der Waals surface area contributed by atoms with Crippen LogP contribution in [0.5, 0.6) is 0 Å². The first-order chi connectivity index (χ1) is 10.0. The van der Waals surface area contributed by atoms with Crippen molar-refractivity contribution in [2.45, 2.75) is 19.4 Å². The Kier molecular flexibility index (Phi) is 4.89. The van der Waals surface area contributed by atoms with Gasteiger partial charge in [-0.1, -0.05) is 0 Å². The number of rotatable bonds is 4. The highest BCUT2D eigenvalue weighted by molar-refractivity contribution is 5.96. The van der Waals surface area contributed by atoms with Gasteiger partial charge in [0.1, 0.15) is 0 Å². The summed E-state index contributed by atoms with van der Waals surface area (Å²) in [5.74, 6) is -0.546. The smallest absolute Gasteiger partial charge is 0.237 e. The van der Waals surface area contributed by atoms with Crippen LogP contribution in [0.4, 0.5) is 11.4 Å². The fourth-order valence-electron chi connectivity index (χ4n) is 2.05. The van der Waals surface area contributed by atoms with Gasteiger partial charge in [-0.15, -0.1) is 0 Å². The Morgan fingerprint density at radius 3 is 2.33 bits per heavy atom. The number of piperazine rings is 1. The predicted octanol–water partition coefficient (Wildman–Crippen LogP) is 0.0616. The lowest BCUT2D eigenvalue weighted by atomic mass is 10.1. The lowest BCUT2D eigenvalue weighted by Gasteiger charge is -2.22. The molecule has 1 aromatic rings. The Labute approximate surface area is 122 Å². The molecular formula is C14H18N4O3. The monoisotopic (exact) mass is 290 g/mol. The maximum atomic E-state index is 11.9. The standard InChI is InChI=1S/C14H18N4O3/c1-9(19)17-10-2-4-11(5-3-10)18-13(20)8-12-14(21)16-7-6-15-12/h2-5,12,15H,6-8H2,1H3,(H,16,21)(H,17,19)(H,18,20). The summed E-state index contributed by atoms with van der Waals surface area (Å²) < 4.78 is 0. The van der Waals surface area contributed by atoms with E-state index < -0.39 is 6.04 Å². The summed E-state index contributed by atoms with van der Waals surface area (Å²) in [6.45, 7) is 2.68. The molecule has 0 aromatic heterocycles. The molecule has 1 aromatic carbocycles. The number of nitrogens with one attached hydrogen (secondary N) is 4. The third-order valence-corrected chi connectivity index (χ3v) is 3.01. The van der Waals surface area contributed by atoms with Crippen molar-refractivity contribution in [1.82, 2.24) is 10.6 Å². The lowest BCUT2D eigenvalue weighted by Crippen LogP contribution is -2.53. The minimum absolute atomic E-state index is 0.0826. The molecular weight excluding hydrogens is 272 g/mol. The summed E-state index contributed by atoms with van der Waals surface area (Å²) in [6, 6.07) is 6.29. The average molecular weight is 290 g/mol. The molecule has 1 aliphatic rings. The number of amides is 3. The lowest BCUT2D eigenvalue weighted by molar-refractivity contribution is -0.127. The van der Waals surface area contributed by atoms with Crippen molar-refractivity contribution < 1.29 is 14.4 Å². The molecule has 1 fully saturated rings. The van der Waals surface area contributed by atoms with E-state index in [0.717, 1.165) is 0 Å². The predicted molar refractivity (Wildman–Crippen MR) is 78.8 cm³/mol. The van der Waals surface area contributed by atoms with E-state index in [1.54, 1.807) is 24.3 Å². The van der Waals surface area contributed by atoms with Gasteiger partial charge in [-0.05, 0) is 24.3 Å². The second-order valence-electron chi connectivity index (χ2n) is 4.81. The molecule has 0 aliphatic carbocycles. The molecule has 0 bridgehead atoms. The van der Waals surface area contributed by atoms with Crippen LogP contribution in [0.2, 0.25) is 0 Å². The third kappa shape index (κ3) is 4.57. The fraction of sp³-hybridized carbons (Fsp3) is 0.357. The highest BCUT2D eigenvalue weighted by Crippen LogP contribution is 2.14. The van der Waals surface area contributed by atoms with Crippen molar-refractivity contribution in [3.63, 3.8) is 0 Å². The first-order valence-corrected chi connectivity index (χ1v) is 6.73. The summed E-state index contributed by atoms with van der Waals surface area (Å²) in [6.07, 6.45) is 0.0826. The van der Waals surface area contributed by atoms with Crippen LogP contribution in [-0.4, -0.2) is 36.9 Å². The summed E-state index contributed by atoms with van der Waals surface area (Å²) in [7, 11) is 0. The highest BCUT2D eigenvalue weighted by atomic mass is 16.2. The number of hydrogen-bond donors (Lipinski definition) is 4. The first-order valence-electron chi connectivity index (χ1n) is 6.73. The largest absolute Gasteiger partial charge is 0.353 e. The maximum absolute atomic E-state index is 11.9. The van der Waals surface area contributed by atoms with Crippen molar-refractivity contribution in [2.75, 3.05) is 23.7 Å². The Hall–Kier alpha value is -2.41. The van der Waals surface area contributed by atoms with Crippen molar-refractivity contribution in [3.05, 3.63) is 24.3 Å². The van der Waals surface area contributed by atoms with Gasteiger partial charge in [0.2, 0.25) is 17.7 Å². The molecule has 112 valence electrons. The highest BCUT2D eigenvalue weighted by Gasteiger charge is 2.23. The van der Waals surface area contributed by atoms with Crippen LogP contribution >= 0.6 is 0 Å². The molecule has 1 unspecified atom stereocenters. The van der Waals surface area contributed by atoms with Crippen molar-refractivity contribution in [2.24, 2.45) is 0 Å². The number of hydrogen-bond acceptors (Lipinski definition) is 4. The number of anilines is 2. The van der Waals surface area contributed by atoms with E-state index in [1.165, 1.54) is 6.92 Å². The van der Waals surface area contributed by atoms with E-state index in [2.05, 4.69) is 21.3 Å². The fourth-order valence-corrected chi connectivity index (χ4v) is 2.05. The van der Waals surface area contributed by atoms with Crippen LogP contribution < -0.4 is 21.3 Å². The minimum Gasteiger partial charge on any atom is -0.353 e. The van der Waals surface area contributed by atoms with Gasteiger partial charge in [-0.2, -0.15) is 0 Å². The Morgan fingerprint density at radius 1 is 1.14 bits per heavy atom. The van der Waals surface area contributed by atoms with Crippen molar-refractivity contribution >= 4 is 29.1 Å². The van der Waals surface area contributed by atoms with Gasteiger partial charge in [0.15, 0.2) is 0 Å². The summed E-state index contributed by atoms with van der Waals surface area (Å²) in [4.78, 5) is 34.3. The molecule has 21 heavy (non-hydrogen) atoms. The maximum Gasteiger partial charge on any atom is 0.237 e. The van der Waals surface area contributed by atoms with Crippen LogP contribution in [0, 0.1) is 0 Å². The van der Waals surface area contributed by atoms with E-state index in [4.69, 9.17) is 0 Å². The third-order valence-electron chi connectivity index (χ3n) is 3.01. The molecule has 1 aliphatic heterocycles. The molecule has 4 N–H and O–H groups in total. The van der Waals surface area contributed by atoms with Crippen LogP contribution in [0.15, 0.2) is 24.3 Å². The topological polar surface area (TPSA) is 99.3 Å². The van der Waals surface area contributed by atoms with Crippen LogP contribution in [0.3, 0.4) is 0 Å². The molecule has 7 heteroatoms. The van der Waals surface area contributed by atoms with Gasteiger partial charge in [0.05, 0.1) is 12.5 Å². The van der Waals surface area contributed by atoms with Crippen molar-refractivity contribution in [3.8, 4) is 0 Å². The van der Waals surface area contributed by atoms with Gasteiger partial charge in [-0.3, -0.25) is 14.4 Å². The van der Waals surface area contributed by atoms with E-state index in [1.807, 2.05) is 0 Å². The Bertz CT molecular complexity index is 542. The van der Waals surface area contributed by atoms with Crippen molar-refractivity contribution in [1.29, 1.82) is 0 Å². The van der Waals surface area contributed by atoms with Gasteiger partial charge >= 0.3 is 0 Å². The van der Waals surface area contributed by atoms with E-state index in [9.17, 15) is 14.4 Å². The zero-order chi connectivity index (χ0) is 15.2. The molecule has 1 heterocycles. The molecule has 0 radical (unpaired) electrons. The number of benzene rings is 1. The first kappa shape index (κ1) is 15.0. The molecule has 7 nitrogen and oxygen atoms in total. The Balaban J connectivity index is 1.87. The average Bonchev–Trinajstić information content (AvgIpc) is 2.43. The second kappa shape index (κ2) is 6.85. The molecule has 3 amide bonds. The molecule has 1 atom stereocenters. The normalized spacial score (nSPS) is 17.8. The van der Waals surface area contributed by atoms with Gasteiger partial charge in [0, 0.05) is 31.4 Å². The molecule has 0 saturated carbocycles. The van der Waals surface area contributed by atoms with Crippen LogP contribution in [0.1, 0.15) is 13.3 Å².